The van der Waals surface area contributed by atoms with E-state index in [0.29, 0.717) is 0 Å². The highest BCUT2D eigenvalue weighted by molar-refractivity contribution is 7.88. The van der Waals surface area contributed by atoms with Crippen LogP contribution in [-0.2, 0) is 10.8 Å². The van der Waals surface area contributed by atoms with Crippen molar-refractivity contribution in [1.82, 2.24) is 0 Å². The molecule has 2 heteroatoms. The van der Waals surface area contributed by atoms with Gasteiger partial charge in [-0.05, 0) is 12.1 Å². The molecule has 0 aliphatic rings. The lowest BCUT2D eigenvalue weighted by Gasteiger charge is -1.91. The van der Waals surface area contributed by atoms with E-state index in [9.17, 15) is 4.21 Å². The van der Waals surface area contributed by atoms with Crippen molar-refractivity contribution in [2.75, 3.05) is 0 Å². The first kappa shape index (κ1) is 7.99. The molecule has 0 spiro atoms. The van der Waals surface area contributed by atoms with Crippen LogP contribution in [0.15, 0.2) is 52.9 Å². The molecule has 0 saturated heterocycles. The summed E-state index contributed by atoms with van der Waals surface area (Å²) in [7, 11) is -1.08. The average molecular weight is 164 g/mol. The van der Waals surface area contributed by atoms with Gasteiger partial charge in [0.1, 0.15) is 0 Å². The van der Waals surface area contributed by atoms with Crippen LogP contribution in [0.4, 0.5) is 0 Å². The van der Waals surface area contributed by atoms with Crippen LogP contribution in [0.1, 0.15) is 0 Å². The topological polar surface area (TPSA) is 17.1 Å². The van der Waals surface area contributed by atoms with Crippen molar-refractivity contribution in [3.05, 3.63) is 48.1 Å². The quantitative estimate of drug-likeness (QED) is 0.612. The summed E-state index contributed by atoms with van der Waals surface area (Å²) in [6, 6.07) is 9.21. The van der Waals surface area contributed by atoms with Gasteiger partial charge in [-0.15, -0.1) is 5.73 Å². The van der Waals surface area contributed by atoms with Crippen molar-refractivity contribution in [3.8, 4) is 0 Å². The molecule has 0 heterocycles. The molecule has 1 unspecified atom stereocenters. The Hall–Kier alpha value is -1.11. The maximum absolute atomic E-state index is 11.2. The molecule has 0 aliphatic heterocycles. The highest BCUT2D eigenvalue weighted by Gasteiger charge is 1.94. The molecule has 1 rings (SSSR count). The summed E-state index contributed by atoms with van der Waals surface area (Å²) in [5.74, 6) is 0. The van der Waals surface area contributed by atoms with Crippen LogP contribution in [0.25, 0.3) is 0 Å². The molecule has 1 atom stereocenters. The van der Waals surface area contributed by atoms with Gasteiger partial charge in [0.05, 0.1) is 10.8 Å². The third kappa shape index (κ3) is 2.19. The van der Waals surface area contributed by atoms with Gasteiger partial charge in [-0.3, -0.25) is 0 Å². The minimum absolute atomic E-state index is 0.781. The first-order valence-electron chi connectivity index (χ1n) is 3.16. The zero-order valence-corrected chi connectivity index (χ0v) is 6.80. The van der Waals surface area contributed by atoms with Crippen molar-refractivity contribution < 1.29 is 4.21 Å². The molecule has 1 aromatic carbocycles. The fraction of sp³-hybridized carbons (Fsp3) is 0. The van der Waals surface area contributed by atoms with Gasteiger partial charge in [-0.1, -0.05) is 24.8 Å². The molecule has 0 N–H and O–H groups in total. The molecule has 0 saturated carbocycles. The van der Waals surface area contributed by atoms with Crippen LogP contribution in [0.5, 0.6) is 0 Å². The van der Waals surface area contributed by atoms with Crippen LogP contribution >= 0.6 is 0 Å². The normalized spacial score (nSPS) is 11.6. The maximum Gasteiger partial charge on any atom is 0.0854 e. The summed E-state index contributed by atoms with van der Waals surface area (Å²) in [4.78, 5) is 0.781. The van der Waals surface area contributed by atoms with E-state index >= 15 is 0 Å². The molecule has 0 fully saturated rings. The first-order valence-corrected chi connectivity index (χ1v) is 4.37. The molecule has 0 aromatic heterocycles. The number of rotatable bonds is 2. The molecule has 1 aromatic rings. The fourth-order valence-electron chi connectivity index (χ4n) is 0.698. The smallest absolute Gasteiger partial charge is 0.0854 e. The molecular formula is C9H8OS. The molecular weight excluding hydrogens is 156 g/mol. The Morgan fingerprint density at radius 2 is 2.00 bits per heavy atom. The van der Waals surface area contributed by atoms with E-state index in [1.165, 1.54) is 5.41 Å². The summed E-state index contributed by atoms with van der Waals surface area (Å²) < 4.78 is 11.2. The molecule has 11 heavy (non-hydrogen) atoms. The second kappa shape index (κ2) is 3.91. The molecule has 0 radical (unpaired) electrons. The highest BCUT2D eigenvalue weighted by atomic mass is 32.2. The third-order valence-corrected chi connectivity index (χ3v) is 2.28. The predicted octanol–water partition coefficient (Wildman–Crippen LogP) is 2.09. The van der Waals surface area contributed by atoms with Crippen LogP contribution < -0.4 is 0 Å². The Kier molecular flexibility index (Phi) is 2.84. The molecule has 0 bridgehead atoms. The molecule has 0 aliphatic carbocycles. The number of hydrogen-bond acceptors (Lipinski definition) is 1. The lowest BCUT2D eigenvalue weighted by atomic mass is 10.4. The van der Waals surface area contributed by atoms with E-state index in [2.05, 4.69) is 12.3 Å². The van der Waals surface area contributed by atoms with Crippen molar-refractivity contribution in [2.45, 2.75) is 4.90 Å². The maximum atomic E-state index is 11.2. The van der Waals surface area contributed by atoms with Gasteiger partial charge in [0.15, 0.2) is 0 Å². The zero-order valence-electron chi connectivity index (χ0n) is 5.99. The van der Waals surface area contributed by atoms with Crippen molar-refractivity contribution in [2.24, 2.45) is 0 Å². The Bertz CT molecular complexity index is 297. The van der Waals surface area contributed by atoms with Gasteiger partial charge in [-0.25, -0.2) is 4.21 Å². The fourth-order valence-corrected chi connectivity index (χ4v) is 1.41. The van der Waals surface area contributed by atoms with Gasteiger partial charge < -0.3 is 0 Å². The Labute approximate surface area is 68.5 Å². The summed E-state index contributed by atoms with van der Waals surface area (Å²) in [5.41, 5.74) is 2.49. The van der Waals surface area contributed by atoms with E-state index < -0.39 is 10.8 Å². The summed E-state index contributed by atoms with van der Waals surface area (Å²) in [6.07, 6.45) is 0. The Morgan fingerprint density at radius 1 is 1.36 bits per heavy atom. The summed E-state index contributed by atoms with van der Waals surface area (Å²) in [5, 5.41) is 1.44. The van der Waals surface area contributed by atoms with Gasteiger partial charge in [-0.2, -0.15) is 0 Å². The van der Waals surface area contributed by atoms with Gasteiger partial charge >= 0.3 is 0 Å². The number of benzene rings is 1. The molecule has 0 amide bonds. The largest absolute Gasteiger partial charge is 0.249 e. The lowest BCUT2D eigenvalue weighted by molar-refractivity contribution is 0.688. The molecule has 56 valence electrons. The standard InChI is InChI=1S/C9H8OS/c1-2-8-11(10)9-6-4-3-5-7-9/h3-8H,1H2. The highest BCUT2D eigenvalue weighted by Crippen LogP contribution is 2.05. The second-order valence-electron chi connectivity index (χ2n) is 1.93. The summed E-state index contributed by atoms with van der Waals surface area (Å²) in [6.45, 7) is 3.35. The van der Waals surface area contributed by atoms with Gasteiger partial charge in [0, 0.05) is 10.3 Å². The van der Waals surface area contributed by atoms with Gasteiger partial charge in [0.2, 0.25) is 0 Å². The van der Waals surface area contributed by atoms with E-state index in [1.54, 1.807) is 0 Å². The minimum Gasteiger partial charge on any atom is -0.249 e. The second-order valence-corrected chi connectivity index (χ2v) is 3.23. The SMILES string of the molecule is C=C=CS(=O)c1ccccc1. The van der Waals surface area contributed by atoms with Crippen molar-refractivity contribution >= 4 is 10.8 Å². The Morgan fingerprint density at radius 3 is 2.55 bits per heavy atom. The van der Waals surface area contributed by atoms with Crippen LogP contribution in [-0.4, -0.2) is 4.21 Å². The predicted molar refractivity (Wildman–Crippen MR) is 46.6 cm³/mol. The molecule has 1 nitrogen and oxygen atoms in total. The van der Waals surface area contributed by atoms with Crippen LogP contribution in [0, 0.1) is 0 Å². The third-order valence-electron chi connectivity index (χ3n) is 1.17. The van der Waals surface area contributed by atoms with E-state index in [-0.39, 0.29) is 0 Å². The monoisotopic (exact) mass is 164 g/mol. The van der Waals surface area contributed by atoms with Crippen molar-refractivity contribution in [1.29, 1.82) is 0 Å². The summed E-state index contributed by atoms with van der Waals surface area (Å²) >= 11 is 0. The zero-order chi connectivity index (χ0) is 8.10. The van der Waals surface area contributed by atoms with E-state index in [1.807, 2.05) is 30.3 Å². The van der Waals surface area contributed by atoms with Crippen LogP contribution in [0.2, 0.25) is 0 Å². The lowest BCUT2D eigenvalue weighted by Crippen LogP contribution is -1.83. The first-order chi connectivity index (χ1) is 5.34. The Balaban J connectivity index is 2.94. The minimum atomic E-state index is -1.08. The van der Waals surface area contributed by atoms with Crippen LogP contribution in [0.3, 0.4) is 0 Å². The number of hydrogen-bond donors (Lipinski definition) is 0. The van der Waals surface area contributed by atoms with Gasteiger partial charge in [0.25, 0.3) is 0 Å². The average Bonchev–Trinajstić information content (AvgIpc) is 2.07. The van der Waals surface area contributed by atoms with Crippen molar-refractivity contribution in [3.63, 3.8) is 0 Å². The van der Waals surface area contributed by atoms with E-state index in [0.717, 1.165) is 4.90 Å². The van der Waals surface area contributed by atoms with E-state index in [4.69, 9.17) is 0 Å².